The number of rotatable bonds is 14. The number of anilines is 3. The quantitative estimate of drug-likeness (QED) is 0.0690. The lowest BCUT2D eigenvalue weighted by Gasteiger charge is -2.31. The number of aliphatic hydroxyl groups excluding tert-OH is 1. The number of benzene rings is 4. The second kappa shape index (κ2) is 17.4. The third-order valence-corrected chi connectivity index (χ3v) is 8.94. The highest BCUT2D eigenvalue weighted by molar-refractivity contribution is 5.92. The molecule has 1 aliphatic rings. The van der Waals surface area contributed by atoms with Gasteiger partial charge in [-0.3, -0.25) is 14.9 Å². The van der Waals surface area contributed by atoms with Crippen LogP contribution < -0.4 is 21.3 Å². The lowest BCUT2D eigenvalue weighted by atomic mass is 10.0. The number of aromatic hydroxyl groups is 1. The first-order valence-corrected chi connectivity index (χ1v) is 16.9. The molecule has 0 aromatic heterocycles. The molecule has 0 aliphatic carbocycles. The molecule has 1 heterocycles. The number of phenols is 1. The van der Waals surface area contributed by atoms with E-state index in [0.717, 1.165) is 46.6 Å². The van der Waals surface area contributed by atoms with Gasteiger partial charge >= 0.3 is 6.09 Å². The number of carbonyl (C=O) groups is 3. The second-order valence-electron chi connectivity index (χ2n) is 12.6. The van der Waals surface area contributed by atoms with E-state index in [2.05, 4.69) is 26.2 Å². The summed E-state index contributed by atoms with van der Waals surface area (Å²) in [6, 6.07) is 26.1. The highest BCUT2D eigenvalue weighted by atomic mass is 16.6. The van der Waals surface area contributed by atoms with Crippen LogP contribution in [-0.2, 0) is 20.9 Å². The molecule has 11 heteroatoms. The van der Waals surface area contributed by atoms with Gasteiger partial charge in [-0.05, 0) is 78.8 Å². The van der Waals surface area contributed by atoms with Gasteiger partial charge in [0, 0.05) is 50.4 Å². The van der Waals surface area contributed by atoms with Crippen LogP contribution in [0.3, 0.4) is 0 Å². The number of hydrogen-bond donors (Lipinski definition) is 6. The van der Waals surface area contributed by atoms with Gasteiger partial charge in [-0.15, -0.1) is 0 Å². The van der Waals surface area contributed by atoms with Crippen LogP contribution in [0.25, 0.3) is 11.1 Å². The van der Waals surface area contributed by atoms with Gasteiger partial charge in [-0.2, -0.15) is 0 Å². The Bertz CT molecular complexity index is 1770. The third-order valence-electron chi connectivity index (χ3n) is 8.94. The molecular weight excluding hydrogens is 634 g/mol. The van der Waals surface area contributed by atoms with Gasteiger partial charge in [0.25, 0.3) is 0 Å². The van der Waals surface area contributed by atoms with Crippen molar-refractivity contribution in [1.29, 1.82) is 0 Å². The predicted molar refractivity (Wildman–Crippen MR) is 195 cm³/mol. The average Bonchev–Trinajstić information content (AvgIpc) is 3.11. The molecule has 262 valence electrons. The maximum Gasteiger partial charge on any atom is 0.411 e. The molecule has 50 heavy (non-hydrogen) atoms. The van der Waals surface area contributed by atoms with E-state index >= 15 is 0 Å². The fourth-order valence-corrected chi connectivity index (χ4v) is 6.08. The standard InChI is InChI=1S/C39H45N5O6/c1-26-21-34(27(2)20-30(26)23-40-24-37(47)29-12-13-36(46)35(22-29)41-25-45)42-38(48)16-19-44-17-14-31(15-18-44)50-39(49)43-33-11-7-6-10-32(33)28-8-4-3-5-9-28/h3-13,20-22,25,31,37,40,46-47H,14-19,23-24H2,1-2H3,(H,41,45)(H,42,48)(H,43,49). The van der Waals surface area contributed by atoms with Crippen molar-refractivity contribution in [3.8, 4) is 16.9 Å². The Hall–Kier alpha value is -5.23. The number of ether oxygens (including phenoxy) is 1. The SMILES string of the molecule is Cc1cc(NC(=O)CCN2CCC(OC(=O)Nc3ccccc3-c3ccccc3)CC2)c(C)cc1CNCC(O)c1ccc(O)c(NC=O)c1. The van der Waals surface area contributed by atoms with Crippen molar-refractivity contribution in [3.63, 3.8) is 0 Å². The summed E-state index contributed by atoms with van der Waals surface area (Å²) in [6.45, 7) is 6.81. The fourth-order valence-electron chi connectivity index (χ4n) is 6.08. The lowest BCUT2D eigenvalue weighted by molar-refractivity contribution is -0.116. The van der Waals surface area contributed by atoms with Crippen LogP contribution in [0.5, 0.6) is 5.75 Å². The first-order chi connectivity index (χ1) is 24.2. The van der Waals surface area contributed by atoms with Crippen molar-refractivity contribution in [3.05, 3.63) is 107 Å². The minimum atomic E-state index is -0.839. The number of aryl methyl sites for hydroxylation is 2. The van der Waals surface area contributed by atoms with Crippen LogP contribution in [0.1, 0.15) is 47.6 Å². The normalized spacial score (nSPS) is 14.1. The largest absolute Gasteiger partial charge is 0.506 e. The van der Waals surface area contributed by atoms with Crippen LogP contribution in [0.4, 0.5) is 21.9 Å². The molecule has 11 nitrogen and oxygen atoms in total. The number of para-hydroxylation sites is 1. The molecule has 1 atom stereocenters. The lowest BCUT2D eigenvalue weighted by Crippen LogP contribution is -2.39. The zero-order valence-electron chi connectivity index (χ0n) is 28.4. The fraction of sp³-hybridized carbons (Fsp3) is 0.308. The summed E-state index contributed by atoms with van der Waals surface area (Å²) >= 11 is 0. The molecule has 6 N–H and O–H groups in total. The van der Waals surface area contributed by atoms with Gasteiger partial charge in [0.2, 0.25) is 12.3 Å². The molecule has 1 saturated heterocycles. The Kier molecular flexibility index (Phi) is 12.6. The number of likely N-dealkylation sites (tertiary alicyclic amines) is 1. The molecule has 0 radical (unpaired) electrons. The monoisotopic (exact) mass is 679 g/mol. The van der Waals surface area contributed by atoms with Gasteiger partial charge < -0.3 is 35.8 Å². The number of hydrogen-bond acceptors (Lipinski definition) is 8. The third kappa shape index (κ3) is 9.91. The molecule has 3 amide bonds. The predicted octanol–water partition coefficient (Wildman–Crippen LogP) is 6.11. The van der Waals surface area contributed by atoms with Gasteiger partial charge in [0.05, 0.1) is 17.5 Å². The van der Waals surface area contributed by atoms with E-state index in [1.54, 1.807) is 6.07 Å². The van der Waals surface area contributed by atoms with Crippen molar-refractivity contribution in [2.24, 2.45) is 0 Å². The van der Waals surface area contributed by atoms with E-state index in [4.69, 9.17) is 4.74 Å². The number of amides is 3. The number of phenolic OH excluding ortho intramolecular Hbond substituents is 1. The van der Waals surface area contributed by atoms with Crippen LogP contribution in [0, 0.1) is 13.8 Å². The Labute approximate surface area is 292 Å². The van der Waals surface area contributed by atoms with Crippen molar-refractivity contribution >= 4 is 35.5 Å². The zero-order chi connectivity index (χ0) is 35.5. The zero-order valence-corrected chi connectivity index (χ0v) is 28.4. The topological polar surface area (TPSA) is 152 Å². The smallest absolute Gasteiger partial charge is 0.411 e. The molecule has 4 aromatic carbocycles. The highest BCUT2D eigenvalue weighted by Crippen LogP contribution is 2.29. The van der Waals surface area contributed by atoms with E-state index in [1.807, 2.05) is 80.6 Å². The van der Waals surface area contributed by atoms with E-state index in [-0.39, 0.29) is 30.0 Å². The summed E-state index contributed by atoms with van der Waals surface area (Å²) in [7, 11) is 0. The van der Waals surface area contributed by atoms with E-state index in [9.17, 15) is 24.6 Å². The summed E-state index contributed by atoms with van der Waals surface area (Å²) in [5.41, 5.74) is 7.20. The summed E-state index contributed by atoms with van der Waals surface area (Å²) in [5.74, 6) is -0.136. The molecule has 5 rings (SSSR count). The van der Waals surface area contributed by atoms with Crippen molar-refractivity contribution < 1.29 is 29.3 Å². The van der Waals surface area contributed by atoms with Crippen LogP contribution in [0.2, 0.25) is 0 Å². The minimum Gasteiger partial charge on any atom is -0.506 e. The van der Waals surface area contributed by atoms with Crippen LogP contribution in [-0.4, -0.2) is 65.8 Å². The number of aliphatic hydroxyl groups is 1. The average molecular weight is 680 g/mol. The summed E-state index contributed by atoms with van der Waals surface area (Å²) < 4.78 is 5.75. The Balaban J connectivity index is 1.02. The number of nitrogens with zero attached hydrogens (tertiary/aromatic N) is 1. The summed E-state index contributed by atoms with van der Waals surface area (Å²) in [5, 5.41) is 32.1. The van der Waals surface area contributed by atoms with E-state index in [0.29, 0.717) is 50.0 Å². The Morgan fingerprint density at radius 1 is 0.900 bits per heavy atom. The van der Waals surface area contributed by atoms with E-state index in [1.165, 1.54) is 12.1 Å². The van der Waals surface area contributed by atoms with Crippen molar-refractivity contribution in [2.45, 2.75) is 51.9 Å². The molecule has 4 aromatic rings. The van der Waals surface area contributed by atoms with Crippen molar-refractivity contribution in [2.75, 3.05) is 42.1 Å². The molecule has 1 fully saturated rings. The van der Waals surface area contributed by atoms with Crippen LogP contribution >= 0.6 is 0 Å². The summed E-state index contributed by atoms with van der Waals surface area (Å²) in [4.78, 5) is 38.6. The second-order valence-corrected chi connectivity index (χ2v) is 12.6. The van der Waals surface area contributed by atoms with Gasteiger partial charge in [-0.25, -0.2) is 4.79 Å². The molecule has 0 saturated carbocycles. The Morgan fingerprint density at radius 2 is 1.64 bits per heavy atom. The Morgan fingerprint density at radius 3 is 2.40 bits per heavy atom. The number of nitrogens with one attached hydrogen (secondary N) is 4. The number of piperidine rings is 1. The van der Waals surface area contributed by atoms with E-state index < -0.39 is 12.2 Å². The first kappa shape index (κ1) is 36.1. The molecule has 1 unspecified atom stereocenters. The highest BCUT2D eigenvalue weighted by Gasteiger charge is 2.23. The molecule has 1 aliphatic heterocycles. The molecule has 0 bridgehead atoms. The van der Waals surface area contributed by atoms with Crippen LogP contribution in [0.15, 0.2) is 84.9 Å². The molecule has 0 spiro atoms. The maximum absolute atomic E-state index is 12.9. The molecular formula is C39H45N5O6. The number of carbonyl (C=O) groups excluding carboxylic acids is 3. The first-order valence-electron chi connectivity index (χ1n) is 16.9. The minimum absolute atomic E-state index is 0.0614. The maximum atomic E-state index is 12.9. The van der Waals surface area contributed by atoms with Gasteiger partial charge in [-0.1, -0.05) is 60.7 Å². The van der Waals surface area contributed by atoms with Gasteiger partial charge in [0.15, 0.2) is 0 Å². The van der Waals surface area contributed by atoms with Crippen molar-refractivity contribution in [1.82, 2.24) is 10.2 Å². The van der Waals surface area contributed by atoms with Gasteiger partial charge in [0.1, 0.15) is 11.9 Å². The summed E-state index contributed by atoms with van der Waals surface area (Å²) in [6.07, 6.45) is 0.739.